The van der Waals surface area contributed by atoms with Crippen molar-refractivity contribution in [3.05, 3.63) is 89.7 Å². The van der Waals surface area contributed by atoms with E-state index in [0.29, 0.717) is 11.6 Å². The third kappa shape index (κ3) is 4.01. The van der Waals surface area contributed by atoms with Gasteiger partial charge in [0.25, 0.3) is 0 Å². The Labute approximate surface area is 164 Å². The van der Waals surface area contributed by atoms with E-state index in [0.717, 1.165) is 23.4 Å². The quantitative estimate of drug-likeness (QED) is 0.598. The van der Waals surface area contributed by atoms with Crippen LogP contribution in [-0.2, 0) is 4.84 Å². The molecular formula is C22H21ClN2O2. The molecule has 2 heterocycles. The van der Waals surface area contributed by atoms with E-state index in [4.69, 9.17) is 21.2 Å². The van der Waals surface area contributed by atoms with Gasteiger partial charge < -0.3 is 14.1 Å². The predicted molar refractivity (Wildman–Crippen MR) is 108 cm³/mol. The van der Waals surface area contributed by atoms with E-state index < -0.39 is 5.60 Å². The van der Waals surface area contributed by atoms with Gasteiger partial charge in [-0.25, -0.2) is 0 Å². The number of aromatic nitrogens is 1. The van der Waals surface area contributed by atoms with E-state index in [9.17, 15) is 0 Å². The summed E-state index contributed by atoms with van der Waals surface area (Å²) >= 11 is 6.04. The first-order valence-electron chi connectivity index (χ1n) is 8.95. The van der Waals surface area contributed by atoms with Crippen molar-refractivity contribution < 1.29 is 9.57 Å². The minimum absolute atomic E-state index is 0.0549. The van der Waals surface area contributed by atoms with Crippen molar-refractivity contribution >= 4 is 17.3 Å². The van der Waals surface area contributed by atoms with Gasteiger partial charge in [0.15, 0.2) is 5.60 Å². The van der Waals surface area contributed by atoms with Crippen LogP contribution in [0.2, 0.25) is 5.02 Å². The van der Waals surface area contributed by atoms with Gasteiger partial charge in [0.2, 0.25) is 0 Å². The topological polar surface area (TPSA) is 35.8 Å². The molecule has 1 aliphatic heterocycles. The molecule has 0 amide bonds. The molecular weight excluding hydrogens is 360 g/mol. The van der Waals surface area contributed by atoms with Gasteiger partial charge in [-0.15, -0.1) is 0 Å². The van der Waals surface area contributed by atoms with E-state index in [-0.39, 0.29) is 6.04 Å². The highest BCUT2D eigenvalue weighted by atomic mass is 35.5. The van der Waals surface area contributed by atoms with Crippen LogP contribution < -0.4 is 4.74 Å². The maximum Gasteiger partial charge on any atom is 0.171 e. The predicted octanol–water partition coefficient (Wildman–Crippen LogP) is 5.34. The number of para-hydroxylation sites is 1. The first-order chi connectivity index (χ1) is 13.1. The summed E-state index contributed by atoms with van der Waals surface area (Å²) in [4.78, 5) is 5.93. The van der Waals surface area contributed by atoms with Crippen molar-refractivity contribution in [2.75, 3.05) is 6.61 Å². The van der Waals surface area contributed by atoms with Crippen LogP contribution in [0.3, 0.4) is 0 Å². The standard InChI is InChI=1S/C22H21ClN2O2/c1-22(16-26-19-7-3-2-4-8-19)15-20(25-13-5-6-14-25)21(24-27-22)17-9-11-18(23)12-10-17/h2-14,20H,15-16H2,1H3. The monoisotopic (exact) mass is 380 g/mol. The van der Waals surface area contributed by atoms with Crippen molar-refractivity contribution in [3.63, 3.8) is 0 Å². The second-order valence-corrected chi connectivity index (χ2v) is 7.41. The lowest BCUT2D eigenvalue weighted by Crippen LogP contribution is -2.42. The van der Waals surface area contributed by atoms with Gasteiger partial charge in [0.05, 0.1) is 6.04 Å². The molecule has 0 saturated heterocycles. The molecule has 0 bridgehead atoms. The van der Waals surface area contributed by atoms with Gasteiger partial charge in [-0.1, -0.05) is 47.1 Å². The van der Waals surface area contributed by atoms with E-state index in [1.54, 1.807) is 0 Å². The van der Waals surface area contributed by atoms with Crippen LogP contribution in [0, 0.1) is 0 Å². The van der Waals surface area contributed by atoms with Crippen LogP contribution in [0.25, 0.3) is 0 Å². The number of hydrogen-bond acceptors (Lipinski definition) is 3. The largest absolute Gasteiger partial charge is 0.489 e. The fourth-order valence-corrected chi connectivity index (χ4v) is 3.40. The van der Waals surface area contributed by atoms with E-state index >= 15 is 0 Å². The Morgan fingerprint density at radius 3 is 2.48 bits per heavy atom. The third-order valence-electron chi connectivity index (χ3n) is 4.72. The molecule has 0 radical (unpaired) electrons. The first-order valence-corrected chi connectivity index (χ1v) is 9.33. The van der Waals surface area contributed by atoms with Gasteiger partial charge in [-0.2, -0.15) is 0 Å². The summed E-state index contributed by atoms with van der Waals surface area (Å²) < 4.78 is 8.11. The van der Waals surface area contributed by atoms with Gasteiger partial charge in [0, 0.05) is 29.4 Å². The highest BCUT2D eigenvalue weighted by molar-refractivity contribution is 6.30. The highest BCUT2D eigenvalue weighted by Gasteiger charge is 2.39. The lowest BCUT2D eigenvalue weighted by atomic mass is 9.90. The van der Waals surface area contributed by atoms with Crippen LogP contribution in [0.15, 0.2) is 84.3 Å². The Morgan fingerprint density at radius 2 is 1.78 bits per heavy atom. The third-order valence-corrected chi connectivity index (χ3v) is 4.97. The van der Waals surface area contributed by atoms with Crippen molar-refractivity contribution in [3.8, 4) is 5.75 Å². The normalized spacial score (nSPS) is 22.0. The molecule has 1 aliphatic rings. The number of nitrogens with zero attached hydrogens (tertiary/aromatic N) is 2. The van der Waals surface area contributed by atoms with Crippen LogP contribution in [0.5, 0.6) is 5.75 Å². The summed E-state index contributed by atoms with van der Waals surface area (Å²) in [5.41, 5.74) is 1.37. The summed E-state index contributed by atoms with van der Waals surface area (Å²) in [6.07, 6.45) is 4.86. The molecule has 4 rings (SSSR count). The lowest BCUT2D eigenvalue weighted by Gasteiger charge is -2.36. The summed E-state index contributed by atoms with van der Waals surface area (Å²) in [5, 5.41) is 5.21. The minimum Gasteiger partial charge on any atom is -0.489 e. The molecule has 0 spiro atoms. The van der Waals surface area contributed by atoms with Crippen molar-refractivity contribution in [1.82, 2.24) is 4.57 Å². The zero-order valence-corrected chi connectivity index (χ0v) is 15.8. The molecule has 5 heteroatoms. The Bertz CT molecular complexity index is 907. The minimum atomic E-state index is -0.527. The van der Waals surface area contributed by atoms with E-state index in [2.05, 4.69) is 22.1 Å². The molecule has 4 nitrogen and oxygen atoms in total. The zero-order chi connectivity index (χ0) is 18.7. The van der Waals surface area contributed by atoms with Gasteiger partial charge in [-0.05, 0) is 43.3 Å². The highest BCUT2D eigenvalue weighted by Crippen LogP contribution is 2.34. The summed E-state index contributed by atoms with van der Waals surface area (Å²) in [5.74, 6) is 0.826. The average molecular weight is 381 g/mol. The van der Waals surface area contributed by atoms with Crippen LogP contribution >= 0.6 is 11.6 Å². The molecule has 0 aliphatic carbocycles. The second kappa shape index (κ2) is 7.49. The number of hydrogen-bond donors (Lipinski definition) is 0. The van der Waals surface area contributed by atoms with Crippen molar-refractivity contribution in [2.24, 2.45) is 5.16 Å². The van der Waals surface area contributed by atoms with E-state index in [1.165, 1.54) is 0 Å². The van der Waals surface area contributed by atoms with Crippen LogP contribution in [-0.4, -0.2) is 22.5 Å². The SMILES string of the molecule is CC1(COc2ccccc2)CC(n2cccc2)C(c2ccc(Cl)cc2)=NO1. The molecule has 0 fully saturated rings. The Morgan fingerprint density at radius 1 is 1.07 bits per heavy atom. The Kier molecular flexibility index (Phi) is 4.90. The zero-order valence-electron chi connectivity index (χ0n) is 15.1. The Hall–Kier alpha value is -2.72. The Balaban J connectivity index is 1.60. The maximum atomic E-state index is 6.04. The van der Waals surface area contributed by atoms with Gasteiger partial charge in [0.1, 0.15) is 18.1 Å². The average Bonchev–Trinajstić information content (AvgIpc) is 3.23. The molecule has 0 N–H and O–H groups in total. The fraction of sp³-hybridized carbons (Fsp3) is 0.227. The number of rotatable bonds is 5. The number of ether oxygens (including phenoxy) is 1. The molecule has 138 valence electrons. The molecule has 2 atom stereocenters. The fourth-order valence-electron chi connectivity index (χ4n) is 3.27. The molecule has 2 unspecified atom stereocenters. The molecule has 27 heavy (non-hydrogen) atoms. The van der Waals surface area contributed by atoms with Crippen molar-refractivity contribution in [2.45, 2.75) is 25.0 Å². The van der Waals surface area contributed by atoms with Crippen molar-refractivity contribution in [1.29, 1.82) is 0 Å². The summed E-state index contributed by atoms with van der Waals surface area (Å²) in [6.45, 7) is 2.46. The van der Waals surface area contributed by atoms with E-state index in [1.807, 2.05) is 73.7 Å². The smallest absolute Gasteiger partial charge is 0.171 e. The number of halogens is 1. The first kappa shape index (κ1) is 17.7. The summed E-state index contributed by atoms with van der Waals surface area (Å²) in [7, 11) is 0. The summed E-state index contributed by atoms with van der Waals surface area (Å²) in [6, 6.07) is 21.6. The molecule has 3 aromatic rings. The lowest BCUT2D eigenvalue weighted by molar-refractivity contribution is -0.0781. The maximum absolute atomic E-state index is 6.04. The van der Waals surface area contributed by atoms with Crippen LogP contribution in [0.4, 0.5) is 0 Å². The second-order valence-electron chi connectivity index (χ2n) is 6.98. The van der Waals surface area contributed by atoms with Gasteiger partial charge >= 0.3 is 0 Å². The number of benzene rings is 2. The molecule has 1 aromatic heterocycles. The molecule has 0 saturated carbocycles. The van der Waals surface area contributed by atoms with Crippen LogP contribution in [0.1, 0.15) is 24.9 Å². The van der Waals surface area contributed by atoms with Gasteiger partial charge in [-0.3, -0.25) is 0 Å². The molecule has 2 aromatic carbocycles. The number of oxime groups is 1.